The molecule has 3 heteroatoms. The molecule has 0 fully saturated rings. The molecule has 0 unspecified atom stereocenters. The molecule has 0 heterocycles. The first kappa shape index (κ1) is 12.0. The van der Waals surface area contributed by atoms with Gasteiger partial charge in [-0.25, -0.2) is 4.39 Å². The number of allylic oxidation sites excluding steroid dienone is 1. The lowest BCUT2D eigenvalue weighted by atomic mass is 10.1. The lowest BCUT2D eigenvalue weighted by molar-refractivity contribution is 0.104. The topological polar surface area (TPSA) is 43.1 Å². The molecular weight excluding hydrogens is 229 g/mol. The second kappa shape index (κ2) is 5.27. The monoisotopic (exact) mass is 241 g/mol. The predicted molar refractivity (Wildman–Crippen MR) is 70.6 cm³/mol. The number of anilines is 1. The highest BCUT2D eigenvalue weighted by Gasteiger charge is 2.04. The van der Waals surface area contributed by atoms with E-state index < -0.39 is 0 Å². The van der Waals surface area contributed by atoms with Crippen LogP contribution in [0, 0.1) is 5.82 Å². The van der Waals surface area contributed by atoms with Crippen molar-refractivity contribution in [2.45, 2.75) is 0 Å². The molecule has 0 radical (unpaired) electrons. The minimum atomic E-state index is -0.330. The van der Waals surface area contributed by atoms with E-state index in [0.717, 1.165) is 0 Å². The molecule has 0 saturated carbocycles. The number of nitrogens with two attached hydrogens (primary N) is 1. The van der Waals surface area contributed by atoms with Crippen LogP contribution in [-0.4, -0.2) is 5.78 Å². The van der Waals surface area contributed by atoms with Gasteiger partial charge in [-0.15, -0.1) is 0 Å². The third-order valence-electron chi connectivity index (χ3n) is 2.50. The Balaban J connectivity index is 2.20. The maximum atomic E-state index is 12.9. The number of nitrogen functional groups attached to an aromatic ring is 1. The van der Waals surface area contributed by atoms with Crippen LogP contribution in [0.25, 0.3) is 6.08 Å². The maximum Gasteiger partial charge on any atom is 0.187 e. The van der Waals surface area contributed by atoms with Crippen molar-refractivity contribution in [2.24, 2.45) is 0 Å². The summed E-state index contributed by atoms with van der Waals surface area (Å²) in [5, 5.41) is 0. The zero-order valence-electron chi connectivity index (χ0n) is 9.64. The van der Waals surface area contributed by atoms with Crippen LogP contribution < -0.4 is 5.73 Å². The van der Waals surface area contributed by atoms with E-state index in [1.165, 1.54) is 18.2 Å². The summed E-state index contributed by atoms with van der Waals surface area (Å²) in [5.41, 5.74) is 7.22. The number of carbonyl (C=O) groups excluding carboxylic acids is 1. The van der Waals surface area contributed by atoms with Crippen LogP contribution in [0.2, 0.25) is 0 Å². The number of para-hydroxylation sites is 1. The average molecular weight is 241 g/mol. The van der Waals surface area contributed by atoms with Crippen LogP contribution in [0.15, 0.2) is 54.6 Å². The number of hydrogen-bond donors (Lipinski definition) is 1. The molecule has 2 aromatic carbocycles. The minimum Gasteiger partial charge on any atom is -0.398 e. The summed E-state index contributed by atoms with van der Waals surface area (Å²) in [5.74, 6) is -0.527. The van der Waals surface area contributed by atoms with Crippen molar-refractivity contribution in [3.63, 3.8) is 0 Å². The smallest absolute Gasteiger partial charge is 0.187 e. The van der Waals surface area contributed by atoms with Crippen molar-refractivity contribution >= 4 is 17.5 Å². The molecule has 0 aromatic heterocycles. The molecule has 0 spiro atoms. The molecule has 0 aliphatic carbocycles. The molecule has 0 atom stereocenters. The van der Waals surface area contributed by atoms with Gasteiger partial charge in [-0.1, -0.05) is 30.3 Å². The number of halogens is 1. The molecule has 90 valence electrons. The van der Waals surface area contributed by atoms with E-state index in [1.54, 1.807) is 42.5 Å². The van der Waals surface area contributed by atoms with Crippen molar-refractivity contribution < 1.29 is 9.18 Å². The van der Waals surface area contributed by atoms with Crippen LogP contribution in [0.1, 0.15) is 15.9 Å². The van der Waals surface area contributed by atoms with E-state index in [2.05, 4.69) is 0 Å². The number of rotatable bonds is 3. The molecule has 0 bridgehead atoms. The van der Waals surface area contributed by atoms with E-state index in [4.69, 9.17) is 5.73 Å². The normalized spacial score (nSPS) is 10.7. The second-order valence-corrected chi connectivity index (χ2v) is 3.84. The maximum absolute atomic E-state index is 12.9. The Morgan fingerprint density at radius 2 is 1.89 bits per heavy atom. The van der Waals surface area contributed by atoms with Crippen molar-refractivity contribution in [3.05, 3.63) is 71.6 Å². The van der Waals surface area contributed by atoms with E-state index in [1.807, 2.05) is 0 Å². The van der Waals surface area contributed by atoms with Gasteiger partial charge in [0.25, 0.3) is 0 Å². The van der Waals surface area contributed by atoms with Gasteiger partial charge in [-0.2, -0.15) is 0 Å². The molecule has 2 aromatic rings. The van der Waals surface area contributed by atoms with Gasteiger partial charge in [0.1, 0.15) is 5.82 Å². The van der Waals surface area contributed by atoms with Gasteiger partial charge in [-0.3, -0.25) is 4.79 Å². The summed E-state index contributed by atoms with van der Waals surface area (Å²) in [4.78, 5) is 11.9. The Morgan fingerprint density at radius 1 is 1.11 bits per heavy atom. The summed E-state index contributed by atoms with van der Waals surface area (Å²) >= 11 is 0. The van der Waals surface area contributed by atoms with E-state index in [0.29, 0.717) is 16.8 Å². The van der Waals surface area contributed by atoms with Crippen LogP contribution in [0.3, 0.4) is 0 Å². The van der Waals surface area contributed by atoms with E-state index in [-0.39, 0.29) is 11.6 Å². The molecule has 0 aliphatic rings. The SMILES string of the molecule is Nc1ccccc1C(=O)C=Cc1cccc(F)c1. The Bertz CT molecular complexity index is 605. The largest absolute Gasteiger partial charge is 0.398 e. The average Bonchev–Trinajstić information content (AvgIpc) is 2.37. The Labute approximate surface area is 105 Å². The van der Waals surface area contributed by atoms with Crippen LogP contribution in [-0.2, 0) is 0 Å². The molecule has 2 rings (SSSR count). The van der Waals surface area contributed by atoms with Gasteiger partial charge >= 0.3 is 0 Å². The highest BCUT2D eigenvalue weighted by atomic mass is 19.1. The summed E-state index contributed by atoms with van der Waals surface area (Å²) < 4.78 is 12.9. The van der Waals surface area contributed by atoms with Gasteiger partial charge in [-0.05, 0) is 35.9 Å². The number of hydrogen-bond acceptors (Lipinski definition) is 2. The Hall–Kier alpha value is -2.42. The lowest BCUT2D eigenvalue weighted by Gasteiger charge is -2.00. The van der Waals surface area contributed by atoms with E-state index >= 15 is 0 Å². The molecule has 0 saturated heterocycles. The first-order valence-corrected chi connectivity index (χ1v) is 5.49. The zero-order chi connectivity index (χ0) is 13.0. The third kappa shape index (κ3) is 2.83. The highest BCUT2D eigenvalue weighted by molar-refractivity contribution is 6.10. The summed E-state index contributed by atoms with van der Waals surface area (Å²) in [6.07, 6.45) is 2.96. The van der Waals surface area contributed by atoms with Gasteiger partial charge in [0, 0.05) is 11.3 Å². The first-order valence-electron chi connectivity index (χ1n) is 5.49. The van der Waals surface area contributed by atoms with Gasteiger partial charge in [0.2, 0.25) is 0 Å². The fourth-order valence-corrected chi connectivity index (χ4v) is 1.59. The van der Waals surface area contributed by atoms with Gasteiger partial charge in [0.15, 0.2) is 5.78 Å². The second-order valence-electron chi connectivity index (χ2n) is 3.84. The lowest BCUT2D eigenvalue weighted by Crippen LogP contribution is -1.99. The molecule has 2 N–H and O–H groups in total. The zero-order valence-corrected chi connectivity index (χ0v) is 9.64. The summed E-state index contributed by atoms with van der Waals surface area (Å²) in [7, 11) is 0. The molecule has 0 aliphatic heterocycles. The minimum absolute atomic E-state index is 0.197. The number of benzene rings is 2. The number of carbonyl (C=O) groups is 1. The Morgan fingerprint density at radius 3 is 2.61 bits per heavy atom. The predicted octanol–water partition coefficient (Wildman–Crippen LogP) is 3.30. The highest BCUT2D eigenvalue weighted by Crippen LogP contribution is 2.13. The standard InChI is InChI=1S/C15H12FNO/c16-12-5-3-4-11(10-12)8-9-15(18)13-6-1-2-7-14(13)17/h1-10H,17H2. The first-order chi connectivity index (χ1) is 8.66. The fourth-order valence-electron chi connectivity index (χ4n) is 1.59. The van der Waals surface area contributed by atoms with Crippen LogP contribution >= 0.6 is 0 Å². The van der Waals surface area contributed by atoms with Crippen molar-refractivity contribution in [3.8, 4) is 0 Å². The molecule has 0 amide bonds. The summed E-state index contributed by atoms with van der Waals surface area (Å²) in [6.45, 7) is 0. The molecule has 18 heavy (non-hydrogen) atoms. The van der Waals surface area contributed by atoms with Gasteiger partial charge in [0.05, 0.1) is 0 Å². The van der Waals surface area contributed by atoms with Crippen molar-refractivity contribution in [2.75, 3.05) is 5.73 Å². The Kier molecular flexibility index (Phi) is 3.53. The van der Waals surface area contributed by atoms with Crippen LogP contribution in [0.4, 0.5) is 10.1 Å². The van der Waals surface area contributed by atoms with Crippen molar-refractivity contribution in [1.82, 2.24) is 0 Å². The van der Waals surface area contributed by atoms with Crippen molar-refractivity contribution in [1.29, 1.82) is 0 Å². The molecule has 2 nitrogen and oxygen atoms in total. The fraction of sp³-hybridized carbons (Fsp3) is 0. The number of ketones is 1. The van der Waals surface area contributed by atoms with Gasteiger partial charge < -0.3 is 5.73 Å². The molecular formula is C15H12FNO. The summed E-state index contributed by atoms with van der Waals surface area (Å²) in [6, 6.07) is 12.9. The van der Waals surface area contributed by atoms with E-state index in [9.17, 15) is 9.18 Å². The quantitative estimate of drug-likeness (QED) is 0.509. The van der Waals surface area contributed by atoms with Crippen LogP contribution in [0.5, 0.6) is 0 Å². The third-order valence-corrected chi connectivity index (χ3v) is 2.50.